The lowest BCUT2D eigenvalue weighted by atomic mass is 9.44. The van der Waals surface area contributed by atoms with E-state index in [9.17, 15) is 0 Å². The highest BCUT2D eigenvalue weighted by molar-refractivity contribution is 6.90. The summed E-state index contributed by atoms with van der Waals surface area (Å²) in [5.41, 5.74) is 27.6. The Hall–Kier alpha value is -9.32. The van der Waals surface area contributed by atoms with Crippen LogP contribution in [0.3, 0.4) is 0 Å². The van der Waals surface area contributed by atoms with Crippen molar-refractivity contribution in [2.75, 3.05) is 4.90 Å². The summed E-state index contributed by atoms with van der Waals surface area (Å²) in [7, 11) is 0. The SMILES string of the molecule is CC(C)(C)c1ccc2c(c1)c1cc(C(C)(C)C)cc3c1n2B1c2cc(-c4ccccc4)ccc2N(c2ccc(-c4ccccc4)cc2)c2cc(-c4ccc([N+]5=Nc6ccccc6C5c5ccccc5)cc4)c(-c4ccccc4)c-3c21. The van der Waals surface area contributed by atoms with Crippen molar-refractivity contribution in [2.24, 2.45) is 5.11 Å². The zero-order chi connectivity index (χ0) is 54.0. The molecule has 12 aromatic rings. The molecule has 0 radical (unpaired) electrons. The van der Waals surface area contributed by atoms with E-state index in [1.807, 2.05) is 0 Å². The minimum absolute atomic E-state index is 0.0395. The Labute approximate surface area is 469 Å². The average molecular weight is 1030 g/mol. The second kappa shape index (κ2) is 18.1. The summed E-state index contributed by atoms with van der Waals surface area (Å²) < 4.78 is 4.95. The molecule has 0 bridgehead atoms. The third-order valence-electron chi connectivity index (χ3n) is 17.2. The van der Waals surface area contributed by atoms with Crippen LogP contribution in [-0.2, 0) is 10.8 Å². The van der Waals surface area contributed by atoms with Crippen molar-refractivity contribution in [3.63, 3.8) is 0 Å². The molecule has 80 heavy (non-hydrogen) atoms. The predicted octanol–water partition coefficient (Wildman–Crippen LogP) is 19.0. The standard InChI is InChI=1S/C75H60BN4/c1-74(2,3)55-36-42-66-61(44-55)62-45-56(75(4,5)6)46-63-70-69(52-25-15-9-16-26-52)60(51-33-39-58(40-34-51)80-72(53-27-17-10-18-28-53)59-29-19-20-30-65(59)77-80)47-68-71(70)76(79(66)73(62)63)64-43-54(49-23-13-8-14-24-49)35-41-67(64)78(68)57-37-31-50(32-38-57)48-21-11-7-12-22-48/h7-47,72H,1-6H3/q+1. The molecule has 3 aliphatic heterocycles. The topological polar surface area (TPSA) is 23.5 Å². The van der Waals surface area contributed by atoms with Gasteiger partial charge in [-0.15, -0.1) is 0 Å². The second-order valence-electron chi connectivity index (χ2n) is 24.1. The van der Waals surface area contributed by atoms with Crippen LogP contribution in [0, 0.1) is 0 Å². The van der Waals surface area contributed by atoms with Crippen LogP contribution in [0.5, 0.6) is 0 Å². The maximum absolute atomic E-state index is 5.30. The number of anilines is 3. The van der Waals surface area contributed by atoms with Crippen LogP contribution in [0.2, 0.25) is 0 Å². The average Bonchev–Trinajstić information content (AvgIpc) is 2.18. The van der Waals surface area contributed by atoms with Gasteiger partial charge in [-0.25, -0.2) is 0 Å². The molecule has 0 fully saturated rings. The van der Waals surface area contributed by atoms with Gasteiger partial charge in [0.15, 0.2) is 0 Å². The van der Waals surface area contributed by atoms with Crippen molar-refractivity contribution >= 4 is 68.0 Å². The number of rotatable bonds is 7. The molecule has 0 saturated carbocycles. The lowest BCUT2D eigenvalue weighted by Crippen LogP contribution is -2.57. The smallest absolute Gasteiger partial charge is 0.333 e. The van der Waals surface area contributed by atoms with Gasteiger partial charge in [-0.2, -0.15) is 0 Å². The van der Waals surface area contributed by atoms with E-state index < -0.39 is 0 Å². The summed E-state index contributed by atoms with van der Waals surface area (Å²) in [6, 6.07) is 92.8. The third kappa shape index (κ3) is 7.58. The first-order valence-corrected chi connectivity index (χ1v) is 28.3. The van der Waals surface area contributed by atoms with Crippen molar-refractivity contribution in [1.29, 1.82) is 0 Å². The number of nitrogens with zero attached hydrogens (tertiary/aromatic N) is 4. The normalized spacial score (nSPS) is 14.3. The van der Waals surface area contributed by atoms with Gasteiger partial charge in [0, 0.05) is 67.2 Å². The molecule has 1 unspecified atom stereocenters. The Morgan fingerprint density at radius 1 is 0.438 bits per heavy atom. The van der Waals surface area contributed by atoms with E-state index in [1.54, 1.807) is 0 Å². The highest BCUT2D eigenvalue weighted by Crippen LogP contribution is 2.53. The van der Waals surface area contributed by atoms with Crippen LogP contribution in [-0.4, -0.2) is 16.0 Å². The highest BCUT2D eigenvalue weighted by Gasteiger charge is 2.46. The van der Waals surface area contributed by atoms with Gasteiger partial charge in [0.1, 0.15) is 5.69 Å². The molecule has 4 heterocycles. The molecule has 15 rings (SSSR count). The Kier molecular flexibility index (Phi) is 10.8. The monoisotopic (exact) mass is 1030 g/mol. The van der Waals surface area contributed by atoms with Crippen LogP contribution < -0.4 is 15.8 Å². The molecule has 5 heteroatoms. The molecule has 382 valence electrons. The minimum Gasteiger partial charge on any atom is -0.375 e. The number of aromatic nitrogens is 1. The quantitative estimate of drug-likeness (QED) is 0.115. The number of hydrogen-bond donors (Lipinski definition) is 0. The zero-order valence-electron chi connectivity index (χ0n) is 46.1. The maximum atomic E-state index is 5.30. The van der Waals surface area contributed by atoms with Crippen molar-refractivity contribution < 1.29 is 4.70 Å². The van der Waals surface area contributed by atoms with E-state index >= 15 is 0 Å². The molecule has 4 nitrogen and oxygen atoms in total. The summed E-state index contributed by atoms with van der Waals surface area (Å²) in [5.74, 6) is 0. The van der Waals surface area contributed by atoms with Crippen molar-refractivity contribution in [3.05, 3.63) is 271 Å². The van der Waals surface area contributed by atoms with Gasteiger partial charge in [0.2, 0.25) is 11.7 Å². The van der Waals surface area contributed by atoms with Gasteiger partial charge in [-0.3, -0.25) is 0 Å². The van der Waals surface area contributed by atoms with E-state index in [2.05, 4.69) is 304 Å². The second-order valence-corrected chi connectivity index (χ2v) is 24.1. The van der Waals surface area contributed by atoms with Crippen LogP contribution in [0.25, 0.3) is 77.4 Å². The van der Waals surface area contributed by atoms with Crippen molar-refractivity contribution in [3.8, 4) is 55.6 Å². The first kappa shape index (κ1) is 47.9. The first-order chi connectivity index (χ1) is 39.0. The number of hydrogen-bond acceptors (Lipinski definition) is 2. The Morgan fingerprint density at radius 3 is 1.69 bits per heavy atom. The van der Waals surface area contributed by atoms with Crippen LogP contribution >= 0.6 is 0 Å². The van der Waals surface area contributed by atoms with Crippen LogP contribution in [0.4, 0.5) is 28.4 Å². The fourth-order valence-corrected chi connectivity index (χ4v) is 13.2. The van der Waals surface area contributed by atoms with Gasteiger partial charge in [-0.05, 0) is 156 Å². The Bertz CT molecular complexity index is 4450. The van der Waals surface area contributed by atoms with E-state index in [1.165, 1.54) is 116 Å². The summed E-state index contributed by atoms with van der Waals surface area (Å²) in [4.78, 5) is 2.57. The van der Waals surface area contributed by atoms with Gasteiger partial charge in [0.05, 0.1) is 5.56 Å². The summed E-state index contributed by atoms with van der Waals surface area (Å²) >= 11 is 0. The summed E-state index contributed by atoms with van der Waals surface area (Å²) in [6.45, 7) is 13.9. The molecular formula is C75H60BN4+. The predicted molar refractivity (Wildman–Crippen MR) is 336 cm³/mol. The molecule has 0 saturated heterocycles. The van der Waals surface area contributed by atoms with Crippen LogP contribution in [0.1, 0.15) is 69.8 Å². The Balaban J connectivity index is 1.06. The summed E-state index contributed by atoms with van der Waals surface area (Å²) in [6.07, 6.45) is 0. The maximum Gasteiger partial charge on any atom is 0.333 e. The van der Waals surface area contributed by atoms with E-state index in [0.717, 1.165) is 22.6 Å². The third-order valence-corrected chi connectivity index (χ3v) is 17.2. The van der Waals surface area contributed by atoms with E-state index in [4.69, 9.17) is 5.11 Å². The largest absolute Gasteiger partial charge is 0.375 e. The fraction of sp³-hybridized carbons (Fsp3) is 0.120. The van der Waals surface area contributed by atoms with Gasteiger partial charge in [0.25, 0.3) is 0 Å². The molecule has 11 aromatic carbocycles. The number of benzene rings is 11. The molecular weight excluding hydrogens is 968 g/mol. The number of fused-ring (bicyclic) bond motifs is 8. The minimum atomic E-state index is -0.167. The van der Waals surface area contributed by atoms with Gasteiger partial charge in [-0.1, -0.05) is 210 Å². The lowest BCUT2D eigenvalue weighted by Gasteiger charge is -2.42. The highest BCUT2D eigenvalue weighted by atomic mass is 15.3. The summed E-state index contributed by atoms with van der Waals surface area (Å²) in [5, 5.41) is 7.90. The van der Waals surface area contributed by atoms with E-state index in [0.29, 0.717) is 0 Å². The lowest BCUT2D eigenvalue weighted by molar-refractivity contribution is -0.536. The fourth-order valence-electron chi connectivity index (χ4n) is 13.2. The van der Waals surface area contributed by atoms with Crippen molar-refractivity contribution in [2.45, 2.75) is 58.4 Å². The van der Waals surface area contributed by atoms with Crippen LogP contribution in [0.15, 0.2) is 254 Å². The molecule has 3 aliphatic rings. The molecule has 0 aliphatic carbocycles. The Morgan fingerprint density at radius 2 is 1.01 bits per heavy atom. The van der Waals surface area contributed by atoms with Gasteiger partial charge < -0.3 is 9.38 Å². The zero-order valence-corrected chi connectivity index (χ0v) is 46.1. The van der Waals surface area contributed by atoms with E-state index in [-0.39, 0.29) is 23.7 Å². The number of azo groups is 2. The molecule has 1 aromatic heterocycles. The molecule has 1 atom stereocenters. The van der Waals surface area contributed by atoms with Gasteiger partial charge >= 0.3 is 6.85 Å². The molecule has 0 N–H and O–H groups in total. The molecule has 0 amide bonds. The molecule has 0 spiro atoms. The van der Waals surface area contributed by atoms with Crippen molar-refractivity contribution in [1.82, 2.24) is 4.48 Å². The first-order valence-electron chi connectivity index (χ1n) is 28.3.